The van der Waals surface area contributed by atoms with E-state index < -0.39 is 0 Å². The fourth-order valence-corrected chi connectivity index (χ4v) is 8.08. The van der Waals surface area contributed by atoms with E-state index in [1.807, 2.05) is 6.92 Å². The molecule has 4 nitrogen and oxygen atoms in total. The second-order valence-corrected chi connectivity index (χ2v) is 11.7. The number of allylic oxidation sites excluding steroid dienone is 7. The predicted octanol–water partition coefficient (Wildman–Crippen LogP) is 5.95. The van der Waals surface area contributed by atoms with Gasteiger partial charge in [0.15, 0.2) is 5.76 Å². The number of fused-ring (bicyclic) bond motifs is 7. The molecule has 0 aromatic carbocycles. The average Bonchev–Trinajstić information content (AvgIpc) is 2.74. The zero-order chi connectivity index (χ0) is 23.5. The molecule has 6 atom stereocenters. The average molecular weight is 438 g/mol. The van der Waals surface area contributed by atoms with E-state index in [-0.39, 0.29) is 28.8 Å². The van der Waals surface area contributed by atoms with Crippen molar-refractivity contribution >= 4 is 12.2 Å². The number of carbonyl (C=O) groups excluding carboxylic acids is 2. The van der Waals surface area contributed by atoms with Gasteiger partial charge in [0.05, 0.1) is 0 Å². The SMILES string of the molecule is CC1=C(O)C(=O)C=C2C1=CC=C1C2(C)CCC2C3CC(C)CCC3(C)CCC12C.NC=O. The van der Waals surface area contributed by atoms with Crippen LogP contribution < -0.4 is 5.73 Å². The molecule has 174 valence electrons. The summed E-state index contributed by atoms with van der Waals surface area (Å²) in [4.78, 5) is 21.1. The zero-order valence-corrected chi connectivity index (χ0v) is 20.3. The first kappa shape index (κ1) is 23.1. The number of hydrogen-bond donors (Lipinski definition) is 2. The molecule has 5 aliphatic carbocycles. The number of ketones is 1. The van der Waals surface area contributed by atoms with Gasteiger partial charge in [-0.3, -0.25) is 9.59 Å². The number of primary amides is 1. The van der Waals surface area contributed by atoms with Crippen molar-refractivity contribution in [3.63, 3.8) is 0 Å². The molecular weight excluding hydrogens is 398 g/mol. The van der Waals surface area contributed by atoms with Crippen LogP contribution in [0.25, 0.3) is 0 Å². The molecule has 0 saturated heterocycles. The molecule has 0 heterocycles. The lowest BCUT2D eigenvalue weighted by Gasteiger charge is -2.64. The first-order valence-corrected chi connectivity index (χ1v) is 12.3. The highest BCUT2D eigenvalue weighted by atomic mass is 16.3. The quantitative estimate of drug-likeness (QED) is 0.459. The lowest BCUT2D eigenvalue weighted by molar-refractivity contribution is -0.114. The molecule has 0 spiro atoms. The molecule has 1 amide bonds. The minimum Gasteiger partial charge on any atom is -0.504 e. The summed E-state index contributed by atoms with van der Waals surface area (Å²) < 4.78 is 0. The monoisotopic (exact) mass is 437 g/mol. The van der Waals surface area contributed by atoms with Gasteiger partial charge in [-0.2, -0.15) is 0 Å². The Bertz CT molecular complexity index is 969. The maximum absolute atomic E-state index is 12.5. The van der Waals surface area contributed by atoms with Crippen LogP contribution in [0.1, 0.15) is 79.6 Å². The molecule has 3 fully saturated rings. The standard InChI is InChI=1S/C27H36O2.CH3NO/c1-16-8-10-25(3)12-13-27(5)19(21(25)14-16)9-11-26(4)20-15-22(28)24(29)17(2)18(20)6-7-23(26)27;2-1-3/h6-7,15-16,19,21,29H,8-14H2,1-5H3;1H,(H2,2,3). The fraction of sp³-hybridized carbons (Fsp3) is 0.643. The van der Waals surface area contributed by atoms with Crippen LogP contribution in [-0.4, -0.2) is 17.3 Å². The third-order valence-corrected chi connectivity index (χ3v) is 10.0. The van der Waals surface area contributed by atoms with E-state index >= 15 is 0 Å². The van der Waals surface area contributed by atoms with E-state index in [1.165, 1.54) is 38.5 Å². The van der Waals surface area contributed by atoms with Crippen LogP contribution in [0.3, 0.4) is 0 Å². The minimum atomic E-state index is -0.221. The van der Waals surface area contributed by atoms with Crippen molar-refractivity contribution < 1.29 is 14.7 Å². The lowest BCUT2D eigenvalue weighted by Crippen LogP contribution is -2.55. The Morgan fingerprint density at radius 3 is 2.44 bits per heavy atom. The van der Waals surface area contributed by atoms with Crippen LogP contribution in [0.5, 0.6) is 0 Å². The van der Waals surface area contributed by atoms with Gasteiger partial charge in [-0.25, -0.2) is 0 Å². The molecule has 3 saturated carbocycles. The highest BCUT2D eigenvalue weighted by Crippen LogP contribution is 2.69. The summed E-state index contributed by atoms with van der Waals surface area (Å²) in [5, 5.41) is 10.2. The van der Waals surface area contributed by atoms with Crippen LogP contribution in [0.2, 0.25) is 0 Å². The van der Waals surface area contributed by atoms with Gasteiger partial charge in [-0.15, -0.1) is 0 Å². The van der Waals surface area contributed by atoms with Crippen molar-refractivity contribution in [3.8, 4) is 0 Å². The van der Waals surface area contributed by atoms with E-state index in [1.54, 1.807) is 11.6 Å². The number of carbonyl (C=O) groups is 2. The zero-order valence-electron chi connectivity index (χ0n) is 20.3. The van der Waals surface area contributed by atoms with Gasteiger partial charge in [0.25, 0.3) is 0 Å². The van der Waals surface area contributed by atoms with Crippen molar-refractivity contribution in [3.05, 3.63) is 46.3 Å². The highest BCUT2D eigenvalue weighted by Gasteiger charge is 2.60. The molecule has 0 radical (unpaired) electrons. The second-order valence-electron chi connectivity index (χ2n) is 11.7. The Balaban J connectivity index is 0.000000775. The van der Waals surface area contributed by atoms with Crippen LogP contribution in [0.15, 0.2) is 46.3 Å². The van der Waals surface area contributed by atoms with Crippen LogP contribution in [0.4, 0.5) is 0 Å². The molecule has 4 heteroatoms. The third-order valence-electron chi connectivity index (χ3n) is 10.0. The summed E-state index contributed by atoms with van der Waals surface area (Å²) in [6, 6.07) is 0. The van der Waals surface area contributed by atoms with E-state index in [4.69, 9.17) is 4.79 Å². The van der Waals surface area contributed by atoms with Gasteiger partial charge in [-0.05, 0) is 91.3 Å². The predicted molar refractivity (Wildman–Crippen MR) is 128 cm³/mol. The van der Waals surface area contributed by atoms with Gasteiger partial charge in [0.2, 0.25) is 12.2 Å². The van der Waals surface area contributed by atoms with Crippen molar-refractivity contribution in [2.45, 2.75) is 79.6 Å². The topological polar surface area (TPSA) is 80.4 Å². The number of aliphatic hydroxyl groups excluding tert-OH is 1. The number of amides is 1. The van der Waals surface area contributed by atoms with E-state index in [2.05, 4.69) is 45.6 Å². The molecule has 0 aliphatic heterocycles. The van der Waals surface area contributed by atoms with Crippen LogP contribution >= 0.6 is 0 Å². The molecule has 32 heavy (non-hydrogen) atoms. The Hall–Kier alpha value is -2.10. The molecule has 5 rings (SSSR count). The van der Waals surface area contributed by atoms with Gasteiger partial charge in [0, 0.05) is 11.0 Å². The first-order chi connectivity index (χ1) is 15.0. The number of hydrogen-bond acceptors (Lipinski definition) is 3. The normalized spacial score (nSPS) is 42.6. The number of rotatable bonds is 0. The Morgan fingerprint density at radius 1 is 1.06 bits per heavy atom. The smallest absolute Gasteiger partial charge is 0.220 e. The summed E-state index contributed by atoms with van der Waals surface area (Å²) in [6.45, 7) is 11.8. The number of nitrogens with two attached hydrogens (primary N) is 1. The Labute approximate surface area is 192 Å². The molecule has 5 aliphatic rings. The van der Waals surface area contributed by atoms with Gasteiger partial charge >= 0.3 is 0 Å². The van der Waals surface area contributed by atoms with Crippen molar-refractivity contribution in [1.29, 1.82) is 0 Å². The Kier molecular flexibility index (Phi) is 5.58. The minimum absolute atomic E-state index is 0.0787. The molecule has 0 aromatic rings. The lowest BCUT2D eigenvalue weighted by atomic mass is 9.40. The van der Waals surface area contributed by atoms with Crippen molar-refractivity contribution in [2.24, 2.45) is 39.7 Å². The summed E-state index contributed by atoms with van der Waals surface area (Å²) in [5.41, 5.74) is 9.35. The molecule has 3 N–H and O–H groups in total. The van der Waals surface area contributed by atoms with Gasteiger partial charge < -0.3 is 10.8 Å². The molecule has 0 bridgehead atoms. The van der Waals surface area contributed by atoms with Crippen LogP contribution in [-0.2, 0) is 9.59 Å². The maximum atomic E-state index is 12.5. The maximum Gasteiger partial charge on any atom is 0.220 e. The molecular formula is C28H39NO3. The molecule has 0 aromatic heterocycles. The van der Waals surface area contributed by atoms with Crippen molar-refractivity contribution in [1.82, 2.24) is 0 Å². The Morgan fingerprint density at radius 2 is 1.75 bits per heavy atom. The van der Waals surface area contributed by atoms with Gasteiger partial charge in [0.1, 0.15) is 0 Å². The largest absolute Gasteiger partial charge is 0.504 e. The van der Waals surface area contributed by atoms with Crippen LogP contribution in [0, 0.1) is 34.0 Å². The summed E-state index contributed by atoms with van der Waals surface area (Å²) in [7, 11) is 0. The summed E-state index contributed by atoms with van der Waals surface area (Å²) in [5.74, 6) is 2.13. The fourth-order valence-electron chi connectivity index (χ4n) is 8.08. The van der Waals surface area contributed by atoms with Gasteiger partial charge in [-0.1, -0.05) is 51.8 Å². The first-order valence-electron chi connectivity index (χ1n) is 12.3. The second kappa shape index (κ2) is 7.74. The highest BCUT2D eigenvalue weighted by molar-refractivity contribution is 6.06. The van der Waals surface area contributed by atoms with Crippen molar-refractivity contribution in [2.75, 3.05) is 0 Å². The number of aliphatic hydroxyl groups is 1. The summed E-state index contributed by atoms with van der Waals surface area (Å²) >= 11 is 0. The van der Waals surface area contributed by atoms with E-state index in [0.717, 1.165) is 40.9 Å². The molecule has 6 unspecified atom stereocenters. The summed E-state index contributed by atoms with van der Waals surface area (Å²) in [6.07, 6.45) is 15.7. The third kappa shape index (κ3) is 3.16. The van der Waals surface area contributed by atoms with E-state index in [0.29, 0.717) is 5.41 Å². The van der Waals surface area contributed by atoms with E-state index in [9.17, 15) is 9.90 Å².